The number of carbonyl (C=O) groups is 1. The molecular formula is C18H30N4O2. The molecule has 0 N–H and O–H groups in total. The summed E-state index contributed by atoms with van der Waals surface area (Å²) in [6.45, 7) is 12.1. The molecule has 0 bridgehead atoms. The Morgan fingerprint density at radius 3 is 2.67 bits per heavy atom. The topological polar surface area (TPSA) is 62.5 Å². The van der Waals surface area contributed by atoms with Crippen LogP contribution in [0.5, 0.6) is 0 Å². The number of hydrogen-bond donors (Lipinski definition) is 0. The first kappa shape index (κ1) is 17.4. The van der Waals surface area contributed by atoms with Crippen LogP contribution in [0.15, 0.2) is 4.52 Å². The lowest BCUT2D eigenvalue weighted by molar-refractivity contribution is -0.141. The molecule has 2 saturated heterocycles. The zero-order valence-corrected chi connectivity index (χ0v) is 15.4. The van der Waals surface area contributed by atoms with Gasteiger partial charge >= 0.3 is 0 Å². The maximum atomic E-state index is 12.2. The summed E-state index contributed by atoms with van der Waals surface area (Å²) in [6, 6.07) is 0.287. The van der Waals surface area contributed by atoms with Crippen molar-refractivity contribution in [3.05, 3.63) is 11.7 Å². The largest absolute Gasteiger partial charge is 0.340 e. The Bertz CT molecular complexity index is 583. The second kappa shape index (κ2) is 6.82. The summed E-state index contributed by atoms with van der Waals surface area (Å²) in [5.41, 5.74) is 0.233. The molecule has 1 aromatic heterocycles. The van der Waals surface area contributed by atoms with Crippen molar-refractivity contribution >= 4 is 5.91 Å². The Kier molecular flexibility index (Phi) is 4.95. The fourth-order valence-corrected chi connectivity index (χ4v) is 4.05. The molecule has 0 radical (unpaired) electrons. The second-order valence-corrected chi connectivity index (χ2v) is 8.13. The van der Waals surface area contributed by atoms with Crippen LogP contribution in [0.3, 0.4) is 0 Å². The summed E-state index contributed by atoms with van der Waals surface area (Å²) in [5, 5.41) is 4.06. The van der Waals surface area contributed by atoms with Gasteiger partial charge in [-0.25, -0.2) is 0 Å². The van der Waals surface area contributed by atoms with Crippen LogP contribution in [-0.2, 0) is 11.3 Å². The molecule has 1 aromatic rings. The summed E-state index contributed by atoms with van der Waals surface area (Å²) in [6.07, 6.45) is 4.07. The molecule has 134 valence electrons. The summed E-state index contributed by atoms with van der Waals surface area (Å²) < 4.78 is 5.41. The molecule has 6 heteroatoms. The van der Waals surface area contributed by atoms with E-state index in [4.69, 9.17) is 4.52 Å². The Morgan fingerprint density at radius 2 is 2.00 bits per heavy atom. The first-order valence-corrected chi connectivity index (χ1v) is 9.23. The van der Waals surface area contributed by atoms with E-state index in [9.17, 15) is 4.79 Å². The summed E-state index contributed by atoms with van der Waals surface area (Å²) in [7, 11) is 0. The third kappa shape index (κ3) is 3.63. The lowest BCUT2D eigenvalue weighted by Gasteiger charge is -2.49. The Morgan fingerprint density at radius 1 is 1.21 bits per heavy atom. The van der Waals surface area contributed by atoms with Crippen molar-refractivity contribution in [2.75, 3.05) is 19.6 Å². The van der Waals surface area contributed by atoms with E-state index in [1.54, 1.807) is 0 Å². The Hall–Kier alpha value is -1.43. The molecule has 1 spiro atoms. The molecule has 0 aromatic carbocycles. The third-order valence-electron chi connectivity index (χ3n) is 5.42. The third-order valence-corrected chi connectivity index (χ3v) is 5.42. The van der Waals surface area contributed by atoms with Crippen LogP contribution >= 0.6 is 0 Å². The molecule has 2 aliphatic rings. The molecule has 3 heterocycles. The lowest BCUT2D eigenvalue weighted by Crippen LogP contribution is -2.55. The van der Waals surface area contributed by atoms with Gasteiger partial charge < -0.3 is 9.42 Å². The molecule has 24 heavy (non-hydrogen) atoms. The zero-order chi connectivity index (χ0) is 17.3. The number of carbonyl (C=O) groups excluding carboxylic acids is 1. The van der Waals surface area contributed by atoms with Crippen LogP contribution in [-0.4, -0.2) is 51.5 Å². The molecule has 0 aliphatic carbocycles. The summed E-state index contributed by atoms with van der Waals surface area (Å²) in [5.74, 6) is 2.10. The number of amides is 1. The minimum atomic E-state index is 0.233. The maximum Gasteiger partial charge on any atom is 0.240 e. The van der Waals surface area contributed by atoms with Crippen molar-refractivity contribution in [2.24, 2.45) is 5.41 Å². The highest BCUT2D eigenvalue weighted by Crippen LogP contribution is 2.39. The minimum Gasteiger partial charge on any atom is -0.340 e. The van der Waals surface area contributed by atoms with Gasteiger partial charge in [0, 0.05) is 36.9 Å². The molecular weight excluding hydrogens is 304 g/mol. The van der Waals surface area contributed by atoms with Gasteiger partial charge in [0.05, 0.1) is 6.54 Å². The second-order valence-electron chi connectivity index (χ2n) is 8.13. The fraction of sp³-hybridized carbons (Fsp3) is 0.833. The van der Waals surface area contributed by atoms with Crippen molar-refractivity contribution in [1.29, 1.82) is 0 Å². The number of aromatic nitrogens is 2. The minimum absolute atomic E-state index is 0.233. The van der Waals surface area contributed by atoms with Crippen LogP contribution in [0.4, 0.5) is 0 Å². The summed E-state index contributed by atoms with van der Waals surface area (Å²) in [4.78, 5) is 21.2. The van der Waals surface area contributed by atoms with Gasteiger partial charge in [-0.05, 0) is 39.7 Å². The highest BCUT2D eigenvalue weighted by Gasteiger charge is 2.42. The van der Waals surface area contributed by atoms with Gasteiger partial charge in [0.2, 0.25) is 11.8 Å². The first-order chi connectivity index (χ1) is 11.4. The van der Waals surface area contributed by atoms with Gasteiger partial charge in [-0.2, -0.15) is 4.98 Å². The molecule has 2 fully saturated rings. The van der Waals surface area contributed by atoms with E-state index in [1.165, 1.54) is 12.8 Å². The number of likely N-dealkylation sites (tertiary alicyclic amines) is 2. The van der Waals surface area contributed by atoms with E-state index in [1.807, 2.05) is 0 Å². The first-order valence-electron chi connectivity index (χ1n) is 9.23. The molecule has 0 saturated carbocycles. The van der Waals surface area contributed by atoms with Crippen molar-refractivity contribution < 1.29 is 9.32 Å². The highest BCUT2D eigenvalue weighted by molar-refractivity contribution is 5.77. The number of nitrogens with zero attached hydrogens (tertiary/aromatic N) is 4. The van der Waals surface area contributed by atoms with Gasteiger partial charge in [-0.1, -0.05) is 19.0 Å². The predicted molar refractivity (Wildman–Crippen MR) is 91.4 cm³/mol. The van der Waals surface area contributed by atoms with E-state index in [0.717, 1.165) is 38.4 Å². The number of piperidine rings is 2. The standard InChI is InChI=1S/C18H30N4O2/c1-13(2)17-19-15(24-20-17)10-21-9-5-7-18(11-21)8-6-16(23)22(12-18)14(3)4/h13-14H,5-12H2,1-4H3/t18-/m1/s1. The number of hydrogen-bond acceptors (Lipinski definition) is 5. The maximum absolute atomic E-state index is 12.2. The lowest BCUT2D eigenvalue weighted by atomic mass is 9.73. The van der Waals surface area contributed by atoms with Gasteiger partial charge in [0.1, 0.15) is 0 Å². The van der Waals surface area contributed by atoms with E-state index in [0.29, 0.717) is 24.1 Å². The highest BCUT2D eigenvalue weighted by atomic mass is 16.5. The van der Waals surface area contributed by atoms with Crippen LogP contribution in [0.1, 0.15) is 71.0 Å². The van der Waals surface area contributed by atoms with Crippen molar-refractivity contribution in [1.82, 2.24) is 19.9 Å². The van der Waals surface area contributed by atoms with E-state index in [-0.39, 0.29) is 11.5 Å². The quantitative estimate of drug-likeness (QED) is 0.847. The van der Waals surface area contributed by atoms with Crippen LogP contribution in [0.2, 0.25) is 0 Å². The predicted octanol–water partition coefficient (Wildman–Crippen LogP) is 2.81. The van der Waals surface area contributed by atoms with Crippen LogP contribution in [0.25, 0.3) is 0 Å². The van der Waals surface area contributed by atoms with Gasteiger partial charge in [0.25, 0.3) is 0 Å². The van der Waals surface area contributed by atoms with Gasteiger partial charge in [-0.3, -0.25) is 9.69 Å². The molecule has 2 aliphatic heterocycles. The van der Waals surface area contributed by atoms with E-state index in [2.05, 4.69) is 47.6 Å². The zero-order valence-electron chi connectivity index (χ0n) is 15.4. The summed E-state index contributed by atoms with van der Waals surface area (Å²) >= 11 is 0. The molecule has 6 nitrogen and oxygen atoms in total. The van der Waals surface area contributed by atoms with Crippen LogP contribution in [0, 0.1) is 5.41 Å². The van der Waals surface area contributed by atoms with Gasteiger partial charge in [0.15, 0.2) is 5.82 Å². The van der Waals surface area contributed by atoms with Crippen molar-refractivity contribution in [3.63, 3.8) is 0 Å². The normalized spacial score (nSPS) is 26.1. The molecule has 3 rings (SSSR count). The monoisotopic (exact) mass is 334 g/mol. The van der Waals surface area contributed by atoms with Crippen LogP contribution < -0.4 is 0 Å². The number of rotatable bonds is 4. The fourth-order valence-electron chi connectivity index (χ4n) is 4.05. The molecule has 0 unspecified atom stereocenters. The average molecular weight is 334 g/mol. The SMILES string of the molecule is CC(C)c1noc(CN2CCC[C@@]3(CCC(=O)N(C(C)C)C3)C2)n1. The Balaban J connectivity index is 1.66. The van der Waals surface area contributed by atoms with Crippen molar-refractivity contribution in [2.45, 2.75) is 71.9 Å². The smallest absolute Gasteiger partial charge is 0.240 e. The average Bonchev–Trinajstić information content (AvgIpc) is 2.99. The van der Waals surface area contributed by atoms with E-state index >= 15 is 0 Å². The Labute approximate surface area is 144 Å². The van der Waals surface area contributed by atoms with Gasteiger partial charge in [-0.15, -0.1) is 0 Å². The van der Waals surface area contributed by atoms with E-state index < -0.39 is 0 Å². The van der Waals surface area contributed by atoms with Crippen molar-refractivity contribution in [3.8, 4) is 0 Å². The molecule has 1 atom stereocenters. The molecule has 1 amide bonds.